The third kappa shape index (κ3) is 8.25. The van der Waals surface area contributed by atoms with Crippen LogP contribution in [0.2, 0.25) is 0 Å². The van der Waals surface area contributed by atoms with Crippen molar-refractivity contribution in [3.8, 4) is 0 Å². The van der Waals surface area contributed by atoms with Crippen LogP contribution in [-0.4, -0.2) is 55.1 Å². The van der Waals surface area contributed by atoms with Gasteiger partial charge in [-0.15, -0.1) is 0 Å². The van der Waals surface area contributed by atoms with E-state index in [-0.39, 0.29) is 6.61 Å². The lowest BCUT2D eigenvalue weighted by Gasteiger charge is -2.29. The molecule has 2 unspecified atom stereocenters. The fourth-order valence-electron chi connectivity index (χ4n) is 2.45. The van der Waals surface area contributed by atoms with Crippen molar-refractivity contribution in [1.82, 2.24) is 0 Å². The maximum atomic E-state index is 12.7. The van der Waals surface area contributed by atoms with E-state index >= 15 is 0 Å². The maximum Gasteiger partial charge on any atom is 0.313 e. The Balaban J connectivity index is 3.35. The van der Waals surface area contributed by atoms with Crippen molar-refractivity contribution >= 4 is 23.9 Å². The van der Waals surface area contributed by atoms with E-state index in [0.717, 1.165) is 0 Å². The van der Waals surface area contributed by atoms with Gasteiger partial charge in [0.25, 0.3) is 0 Å². The molecule has 0 amide bonds. The van der Waals surface area contributed by atoms with Crippen LogP contribution in [0.25, 0.3) is 0 Å². The van der Waals surface area contributed by atoms with Gasteiger partial charge in [-0.1, -0.05) is 0 Å². The second kappa shape index (κ2) is 10.2. The Kier molecular flexibility index (Phi) is 8.98. The predicted octanol–water partition coefficient (Wildman–Crippen LogP) is 3.81. The number of carbonyl (C=O) groups excluding carboxylic acids is 4. The van der Waals surface area contributed by atoms with E-state index in [4.69, 9.17) is 23.7 Å². The first kappa shape index (κ1) is 29.9. The molecule has 9 nitrogen and oxygen atoms in total. The van der Waals surface area contributed by atoms with Gasteiger partial charge >= 0.3 is 23.9 Å². The van der Waals surface area contributed by atoms with Crippen LogP contribution >= 0.6 is 0 Å². The average molecular weight is 487 g/mol. The van der Waals surface area contributed by atoms with E-state index in [9.17, 15) is 19.2 Å². The molecule has 0 spiro atoms. The molecule has 0 radical (unpaired) electrons. The number of ether oxygens (including phenoxy) is 5. The van der Waals surface area contributed by atoms with Crippen molar-refractivity contribution in [2.75, 3.05) is 6.61 Å². The van der Waals surface area contributed by atoms with E-state index in [2.05, 4.69) is 0 Å². The minimum absolute atomic E-state index is 0.286. The Morgan fingerprint density at radius 2 is 0.912 bits per heavy atom. The molecule has 0 aromatic rings. The number of hydrogen-bond acceptors (Lipinski definition) is 9. The van der Waals surface area contributed by atoms with E-state index in [1.54, 1.807) is 83.1 Å². The Labute approximate surface area is 203 Å². The smallest absolute Gasteiger partial charge is 0.313 e. The van der Waals surface area contributed by atoms with Crippen molar-refractivity contribution in [3.05, 3.63) is 0 Å². The van der Waals surface area contributed by atoms with Gasteiger partial charge < -0.3 is 23.7 Å². The van der Waals surface area contributed by atoms with Crippen LogP contribution in [0.4, 0.5) is 0 Å². The molecule has 1 aliphatic rings. The Morgan fingerprint density at radius 1 is 0.559 bits per heavy atom. The molecule has 0 saturated carbocycles. The highest BCUT2D eigenvalue weighted by Gasteiger charge is 2.54. The van der Waals surface area contributed by atoms with Crippen LogP contribution in [0.3, 0.4) is 0 Å². The van der Waals surface area contributed by atoms with E-state index < -0.39 is 70.1 Å². The molecule has 1 rings (SSSR count). The molecule has 4 atom stereocenters. The van der Waals surface area contributed by atoms with Crippen LogP contribution < -0.4 is 0 Å². The molecular weight excluding hydrogens is 444 g/mol. The normalized spacial score (nSPS) is 23.8. The highest BCUT2D eigenvalue weighted by molar-refractivity contribution is 5.78. The highest BCUT2D eigenvalue weighted by Crippen LogP contribution is 2.33. The summed E-state index contributed by atoms with van der Waals surface area (Å²) in [6.07, 6.45) is -4.78. The quantitative estimate of drug-likeness (QED) is 0.423. The lowest BCUT2D eigenvalue weighted by atomic mass is 9.96. The summed E-state index contributed by atoms with van der Waals surface area (Å²) in [6.45, 7) is 19.8. The summed E-state index contributed by atoms with van der Waals surface area (Å²) in [5.74, 6) is -2.26. The predicted molar refractivity (Wildman–Crippen MR) is 123 cm³/mol. The van der Waals surface area contributed by atoms with Gasteiger partial charge in [0.15, 0.2) is 6.10 Å². The highest BCUT2D eigenvalue weighted by atomic mass is 16.8. The Hall–Kier alpha value is -2.16. The summed E-state index contributed by atoms with van der Waals surface area (Å²) >= 11 is 0. The van der Waals surface area contributed by atoms with Crippen LogP contribution in [0.1, 0.15) is 83.1 Å². The maximum absolute atomic E-state index is 12.7. The largest absolute Gasteiger partial charge is 0.462 e. The van der Waals surface area contributed by atoms with Gasteiger partial charge in [0.1, 0.15) is 12.7 Å². The topological polar surface area (TPSA) is 114 Å². The SMILES string of the molecule is CC(C)(C)C(=O)OCC1OC(OC(=O)C(C)(C)C)[C@H](OC(=O)C(C)(C)C)[C@@H]1OC(=O)C(C)(C)C. The van der Waals surface area contributed by atoms with E-state index in [1.807, 2.05) is 0 Å². The fraction of sp³-hybridized carbons (Fsp3) is 0.840. The zero-order valence-corrected chi connectivity index (χ0v) is 22.7. The molecule has 34 heavy (non-hydrogen) atoms. The second-order valence-corrected chi connectivity index (χ2v) is 12.8. The second-order valence-electron chi connectivity index (χ2n) is 12.8. The standard InChI is InChI=1S/C25H42O9/c1-22(2,3)18(26)30-13-14-15(32-19(27)23(4,5)6)16(33-20(28)24(7,8)9)17(31-14)34-21(29)25(10,11)12/h14-17H,13H2,1-12H3/t14?,15-,16-,17?/m1/s1. The molecule has 9 heteroatoms. The first-order chi connectivity index (χ1) is 15.0. The molecule has 0 N–H and O–H groups in total. The molecular formula is C25H42O9. The van der Waals surface area contributed by atoms with Crippen molar-refractivity contribution in [3.63, 3.8) is 0 Å². The molecule has 1 saturated heterocycles. The summed E-state index contributed by atoms with van der Waals surface area (Å²) < 4.78 is 28.2. The first-order valence-electron chi connectivity index (χ1n) is 11.5. The fourth-order valence-corrected chi connectivity index (χ4v) is 2.45. The van der Waals surface area contributed by atoms with Crippen molar-refractivity contribution in [1.29, 1.82) is 0 Å². The number of esters is 4. The number of rotatable bonds is 5. The minimum Gasteiger partial charge on any atom is -0.462 e. The lowest BCUT2D eigenvalue weighted by Crippen LogP contribution is -2.46. The zero-order valence-electron chi connectivity index (χ0n) is 22.7. The minimum atomic E-state index is -1.35. The van der Waals surface area contributed by atoms with Crippen molar-refractivity contribution < 1.29 is 42.9 Å². The average Bonchev–Trinajstić information content (AvgIpc) is 2.93. The summed E-state index contributed by atoms with van der Waals surface area (Å²) in [6, 6.07) is 0. The molecule has 1 heterocycles. The molecule has 1 fully saturated rings. The monoisotopic (exact) mass is 486 g/mol. The Morgan fingerprint density at radius 3 is 1.29 bits per heavy atom. The third-order valence-corrected chi connectivity index (χ3v) is 4.81. The molecule has 0 aromatic carbocycles. The third-order valence-electron chi connectivity index (χ3n) is 4.81. The van der Waals surface area contributed by atoms with E-state index in [0.29, 0.717) is 0 Å². The summed E-state index contributed by atoms with van der Waals surface area (Å²) in [5, 5.41) is 0. The van der Waals surface area contributed by atoms with Crippen LogP contribution in [-0.2, 0) is 42.9 Å². The van der Waals surface area contributed by atoms with Gasteiger partial charge in [0.2, 0.25) is 12.4 Å². The molecule has 0 aromatic heterocycles. The van der Waals surface area contributed by atoms with Crippen LogP contribution in [0.5, 0.6) is 0 Å². The van der Waals surface area contributed by atoms with Gasteiger partial charge in [-0.2, -0.15) is 0 Å². The van der Waals surface area contributed by atoms with Crippen LogP contribution in [0.15, 0.2) is 0 Å². The van der Waals surface area contributed by atoms with E-state index in [1.165, 1.54) is 0 Å². The number of carbonyl (C=O) groups is 4. The molecule has 0 aliphatic carbocycles. The van der Waals surface area contributed by atoms with Gasteiger partial charge in [-0.3, -0.25) is 19.2 Å². The Bertz CT molecular complexity index is 772. The van der Waals surface area contributed by atoms with Gasteiger partial charge in [0.05, 0.1) is 21.7 Å². The van der Waals surface area contributed by atoms with Crippen LogP contribution in [0, 0.1) is 21.7 Å². The zero-order chi connectivity index (χ0) is 26.9. The molecule has 196 valence electrons. The van der Waals surface area contributed by atoms with Gasteiger partial charge in [0, 0.05) is 0 Å². The molecule has 0 bridgehead atoms. The number of hydrogen-bond donors (Lipinski definition) is 0. The summed E-state index contributed by atoms with van der Waals surface area (Å²) in [4.78, 5) is 50.4. The van der Waals surface area contributed by atoms with Crippen molar-refractivity contribution in [2.24, 2.45) is 21.7 Å². The molecule has 1 aliphatic heterocycles. The lowest BCUT2D eigenvalue weighted by molar-refractivity contribution is -0.208. The van der Waals surface area contributed by atoms with Gasteiger partial charge in [-0.25, -0.2) is 0 Å². The summed E-state index contributed by atoms with van der Waals surface area (Å²) in [5.41, 5.74) is -3.39. The first-order valence-corrected chi connectivity index (χ1v) is 11.5. The summed E-state index contributed by atoms with van der Waals surface area (Å²) in [7, 11) is 0. The van der Waals surface area contributed by atoms with Crippen molar-refractivity contribution in [2.45, 2.75) is 108 Å². The van der Waals surface area contributed by atoms with Gasteiger partial charge in [-0.05, 0) is 83.1 Å².